The molecule has 22 nitrogen and oxygen atoms in total. The molecule has 27 heteroatoms. The second-order valence-corrected chi connectivity index (χ2v) is 16.0. The molecule has 0 amide bonds. The maximum absolute atomic E-state index is 13.4. The molecule has 0 bridgehead atoms. The number of rotatable bonds is 2. The van der Waals surface area contributed by atoms with E-state index in [2.05, 4.69) is 42.2 Å². The summed E-state index contributed by atoms with van der Waals surface area (Å²) in [6.07, 6.45) is -9.01. The van der Waals surface area contributed by atoms with Crippen molar-refractivity contribution in [2.45, 2.75) is 49.1 Å². The summed E-state index contributed by atoms with van der Waals surface area (Å²) in [4.78, 5) is 56.2. The molecule has 4 aromatic heterocycles. The van der Waals surface area contributed by atoms with Gasteiger partial charge in [-0.1, -0.05) is 12.2 Å². The van der Waals surface area contributed by atoms with Crippen molar-refractivity contribution in [3.8, 4) is 0 Å². The number of aliphatic hydroxyl groups is 2. The number of aromatic amines is 2. The first-order chi connectivity index (χ1) is 21.7. The van der Waals surface area contributed by atoms with Gasteiger partial charge in [-0.15, -0.1) is 0 Å². The number of aromatic nitrogens is 8. The molecule has 4 aromatic rings. The number of nitrogens with zero attached hydrogens (tertiary/aromatic N) is 6. The molecule has 10 atom stereocenters. The molecule has 3 saturated heterocycles. The Morgan fingerprint density at radius 2 is 1.32 bits per heavy atom. The predicted octanol–water partition coefficient (Wildman–Crippen LogP) is -4.99. The SMILES string of the molecule is Nc1nc2c(ncn2C2O[C@@H]3COP(=O)(S)O[C@H]4[C@@H](O)[C@H](n5cnc6c(=O)[nH]c(N)nc65)O[C@@H]4COP(O)(=S)O[C@H]3[C@H]2O)c(=O)[nH]1.[K+]. The van der Waals surface area contributed by atoms with Gasteiger partial charge in [0, 0.05) is 0 Å². The maximum atomic E-state index is 13.4. The Labute approximate surface area is 313 Å². The fourth-order valence-corrected chi connectivity index (χ4v) is 8.33. The molecule has 3 aliphatic heterocycles. The summed E-state index contributed by atoms with van der Waals surface area (Å²) >= 11 is 9.24. The van der Waals surface area contributed by atoms with Crippen molar-refractivity contribution < 1.29 is 98.6 Å². The molecule has 3 unspecified atom stereocenters. The maximum Gasteiger partial charge on any atom is 1.00 e. The van der Waals surface area contributed by atoms with Gasteiger partial charge >= 0.3 is 64.9 Å². The number of ether oxygens (including phenoxy) is 2. The molecule has 7 rings (SSSR count). The Bertz CT molecular complexity index is 1920. The third kappa shape index (κ3) is 6.69. The van der Waals surface area contributed by atoms with Crippen molar-refractivity contribution in [1.29, 1.82) is 0 Å². The molecule has 0 radical (unpaired) electrons. The van der Waals surface area contributed by atoms with Crippen LogP contribution in [0.3, 0.4) is 0 Å². The summed E-state index contributed by atoms with van der Waals surface area (Å²) < 4.78 is 50.0. The van der Waals surface area contributed by atoms with Crippen LogP contribution in [-0.4, -0.2) is 104 Å². The largest absolute Gasteiger partial charge is 1.00 e. The molecule has 248 valence electrons. The van der Waals surface area contributed by atoms with E-state index >= 15 is 0 Å². The number of imidazole rings is 2. The van der Waals surface area contributed by atoms with Crippen LogP contribution in [-0.2, 0) is 43.9 Å². The Morgan fingerprint density at radius 1 is 0.872 bits per heavy atom. The molecular formula is C20H24KN10O12P2S2+. The molecule has 0 aromatic carbocycles. The molecular weight excluding hydrogens is 737 g/mol. The predicted molar refractivity (Wildman–Crippen MR) is 160 cm³/mol. The molecule has 3 fully saturated rings. The minimum atomic E-state index is -4.35. The van der Waals surface area contributed by atoms with E-state index in [1.165, 1.54) is 21.8 Å². The zero-order valence-corrected chi connectivity index (χ0v) is 30.4. The van der Waals surface area contributed by atoms with Crippen molar-refractivity contribution in [3.05, 3.63) is 33.4 Å². The number of H-pyrrole nitrogens is 2. The molecule has 7 heterocycles. The Hall–Kier alpha value is -1.19. The molecule has 0 spiro atoms. The number of aliphatic hydroxyl groups excluding tert-OH is 2. The van der Waals surface area contributed by atoms with Crippen LogP contribution in [0.2, 0.25) is 0 Å². The second kappa shape index (κ2) is 13.2. The van der Waals surface area contributed by atoms with Gasteiger partial charge in [-0.3, -0.25) is 42.3 Å². The van der Waals surface area contributed by atoms with Crippen molar-refractivity contribution >= 4 is 71.8 Å². The molecule has 47 heavy (non-hydrogen) atoms. The standard InChI is InChI=1S/C20H24N10O12P2S2.K/c21-19-25-13-7(15(33)27-19)23-3-29(13)17-9(31)11-5(39-17)1-37-43(35,45)42-12-6(2-38-44(36,46)41-11)40-18(10(12)32)30-4-24-8-14(30)26-20(22)28-16(8)34;/h3-6,9-12,17-18,31-32H,1-2H2,(H,35,45)(H,36,46)(H3,21,25,27,33)(H3,22,26,28,34);/q;+1/t5-,6-,9-,10-,11-,12-,17-,18?,43?,44?;/m1./s1. The number of anilines is 2. The minimum absolute atomic E-state index is 0. The van der Waals surface area contributed by atoms with Crippen LogP contribution in [0.15, 0.2) is 22.2 Å². The van der Waals surface area contributed by atoms with Gasteiger partial charge in [0.25, 0.3) is 11.1 Å². The first-order valence-corrected chi connectivity index (χ1v) is 18.4. The number of fused-ring (bicyclic) bond motifs is 4. The van der Waals surface area contributed by atoms with Crippen molar-refractivity contribution in [1.82, 2.24) is 39.0 Å². The van der Waals surface area contributed by atoms with Gasteiger partial charge in [0.1, 0.15) is 36.6 Å². The summed E-state index contributed by atoms with van der Waals surface area (Å²) in [7, 11) is 0. The van der Waals surface area contributed by atoms with Crippen LogP contribution in [0.4, 0.5) is 11.9 Å². The van der Waals surface area contributed by atoms with E-state index in [1.807, 2.05) is 0 Å². The topological polar surface area (TPSA) is 312 Å². The molecule has 0 saturated carbocycles. The van der Waals surface area contributed by atoms with E-state index in [-0.39, 0.29) is 85.6 Å². The summed E-state index contributed by atoms with van der Waals surface area (Å²) in [6, 6.07) is 0. The van der Waals surface area contributed by atoms with E-state index < -0.39 is 86.9 Å². The number of nitrogens with one attached hydrogen (secondary N) is 2. The summed E-state index contributed by atoms with van der Waals surface area (Å²) in [5.74, 6) is -0.450. The van der Waals surface area contributed by atoms with Gasteiger partial charge in [0.2, 0.25) is 11.9 Å². The summed E-state index contributed by atoms with van der Waals surface area (Å²) in [5.41, 5.74) is 9.79. The Kier molecular flexibility index (Phi) is 9.98. The number of thiol groups is 1. The number of nitrogens with two attached hydrogens (primary N) is 2. The van der Waals surface area contributed by atoms with Gasteiger partial charge in [-0.05, 0) is 11.8 Å². The smallest absolute Gasteiger partial charge is 0.386 e. The van der Waals surface area contributed by atoms with Gasteiger partial charge in [0.05, 0.1) is 25.9 Å². The zero-order chi connectivity index (χ0) is 32.7. The number of hydrogen-bond acceptors (Lipinski definition) is 18. The third-order valence-electron chi connectivity index (χ3n) is 7.38. The molecule has 9 N–H and O–H groups in total. The van der Waals surface area contributed by atoms with E-state index in [9.17, 15) is 29.3 Å². The van der Waals surface area contributed by atoms with E-state index in [0.717, 1.165) is 0 Å². The van der Waals surface area contributed by atoms with Crippen LogP contribution in [0.5, 0.6) is 0 Å². The Morgan fingerprint density at radius 3 is 1.81 bits per heavy atom. The summed E-state index contributed by atoms with van der Waals surface area (Å²) in [6.45, 7) is -9.76. The van der Waals surface area contributed by atoms with Crippen molar-refractivity contribution in [2.24, 2.45) is 0 Å². The van der Waals surface area contributed by atoms with Crippen LogP contribution >= 0.6 is 25.8 Å². The van der Waals surface area contributed by atoms with Gasteiger partial charge in [-0.2, -0.15) is 9.97 Å². The Balaban J connectivity index is 0.00000386. The van der Waals surface area contributed by atoms with E-state index in [0.29, 0.717) is 0 Å². The fourth-order valence-electron chi connectivity index (χ4n) is 5.39. The van der Waals surface area contributed by atoms with E-state index in [4.69, 9.17) is 50.8 Å². The number of nitrogen functional groups attached to an aromatic ring is 2. The monoisotopic (exact) mass is 761 g/mol. The van der Waals surface area contributed by atoms with Crippen molar-refractivity contribution in [2.75, 3.05) is 24.7 Å². The van der Waals surface area contributed by atoms with E-state index in [1.54, 1.807) is 0 Å². The number of hydrogen-bond donors (Lipinski definition) is 8. The minimum Gasteiger partial charge on any atom is -0.386 e. The molecule has 3 aliphatic rings. The molecule has 0 aliphatic carbocycles. The van der Waals surface area contributed by atoms with Gasteiger partial charge in [0.15, 0.2) is 34.8 Å². The van der Waals surface area contributed by atoms with Crippen LogP contribution in [0.1, 0.15) is 12.5 Å². The summed E-state index contributed by atoms with van der Waals surface area (Å²) in [5, 5.41) is 22.5. The fraction of sp³-hybridized carbons (Fsp3) is 0.500. The normalized spacial score (nSPS) is 36.3. The second-order valence-electron chi connectivity index (χ2n) is 10.3. The zero-order valence-electron chi connectivity index (χ0n) is 23.8. The first-order valence-electron chi connectivity index (χ1n) is 13.1. The average molecular weight is 762 g/mol. The van der Waals surface area contributed by atoms with Gasteiger partial charge in [-0.25, -0.2) is 14.5 Å². The first kappa shape index (κ1) is 35.6. The average Bonchev–Trinajstić information content (AvgIpc) is 3.72. The quantitative estimate of drug-likeness (QED) is 0.0539. The third-order valence-corrected chi connectivity index (χ3v) is 10.6. The van der Waals surface area contributed by atoms with Crippen LogP contribution < -0.4 is 74.0 Å². The van der Waals surface area contributed by atoms with Crippen LogP contribution in [0.25, 0.3) is 22.3 Å². The van der Waals surface area contributed by atoms with Crippen molar-refractivity contribution in [3.63, 3.8) is 0 Å². The van der Waals surface area contributed by atoms with Crippen LogP contribution in [0, 0.1) is 0 Å². The van der Waals surface area contributed by atoms with Gasteiger partial charge < -0.3 is 40.6 Å².